The van der Waals surface area contributed by atoms with Gasteiger partial charge in [0.2, 0.25) is 0 Å². The highest BCUT2D eigenvalue weighted by molar-refractivity contribution is 5.29. The number of benzene rings is 1. The van der Waals surface area contributed by atoms with Crippen molar-refractivity contribution >= 4 is 0 Å². The number of rotatable bonds is 5. The smallest absolute Gasteiger partial charge is 0.118 e. The lowest BCUT2D eigenvalue weighted by atomic mass is 9.99. The van der Waals surface area contributed by atoms with Crippen molar-refractivity contribution < 1.29 is 9.84 Å². The fraction of sp³-hybridized carbons (Fsp3) is 0.600. The first-order valence-electron chi connectivity index (χ1n) is 6.82. The minimum absolute atomic E-state index is 0.237. The van der Waals surface area contributed by atoms with Crippen molar-refractivity contribution in [3.63, 3.8) is 0 Å². The van der Waals surface area contributed by atoms with Gasteiger partial charge in [0.1, 0.15) is 5.75 Å². The Hall–Kier alpha value is -1.06. The topological polar surface area (TPSA) is 32.7 Å². The van der Waals surface area contributed by atoms with Crippen molar-refractivity contribution in [2.45, 2.75) is 38.3 Å². The maximum atomic E-state index is 10.5. The quantitative estimate of drug-likeness (QED) is 0.870. The normalized spacial score (nSPS) is 19.7. The molecule has 0 aromatic heterocycles. The van der Waals surface area contributed by atoms with Gasteiger partial charge in [-0.15, -0.1) is 0 Å². The summed E-state index contributed by atoms with van der Waals surface area (Å²) in [6, 6.07) is 7.98. The van der Waals surface area contributed by atoms with Gasteiger partial charge in [0.25, 0.3) is 0 Å². The third-order valence-corrected chi connectivity index (χ3v) is 3.85. The summed E-state index contributed by atoms with van der Waals surface area (Å²) >= 11 is 0. The van der Waals surface area contributed by atoms with Crippen molar-refractivity contribution in [3.8, 4) is 5.75 Å². The number of hydrogen-bond acceptors (Lipinski definition) is 3. The van der Waals surface area contributed by atoms with E-state index in [4.69, 9.17) is 4.74 Å². The molecule has 1 aliphatic heterocycles. The van der Waals surface area contributed by atoms with Crippen molar-refractivity contribution in [1.29, 1.82) is 0 Å². The summed E-state index contributed by atoms with van der Waals surface area (Å²) in [6.07, 6.45) is 3.09. The predicted molar refractivity (Wildman–Crippen MR) is 72.8 cm³/mol. The average Bonchev–Trinajstić information content (AvgIpc) is 2.93. The van der Waals surface area contributed by atoms with E-state index in [1.807, 2.05) is 24.3 Å². The summed E-state index contributed by atoms with van der Waals surface area (Å²) in [5.74, 6) is 0.833. The number of nitrogens with zero attached hydrogens (tertiary/aromatic N) is 1. The van der Waals surface area contributed by atoms with Gasteiger partial charge in [-0.05, 0) is 50.0 Å². The Balaban J connectivity index is 2.09. The summed E-state index contributed by atoms with van der Waals surface area (Å²) in [5, 5.41) is 10.5. The number of aliphatic hydroxyl groups is 1. The van der Waals surface area contributed by atoms with Gasteiger partial charge in [-0.2, -0.15) is 0 Å². The molecule has 3 nitrogen and oxygen atoms in total. The second kappa shape index (κ2) is 6.21. The van der Waals surface area contributed by atoms with Gasteiger partial charge in [0.15, 0.2) is 0 Å². The van der Waals surface area contributed by atoms with E-state index in [0.717, 1.165) is 30.8 Å². The molecular formula is C15H23NO2. The molecule has 1 heterocycles. The van der Waals surface area contributed by atoms with Crippen LogP contribution in [0.15, 0.2) is 24.3 Å². The molecule has 1 aliphatic rings. The lowest BCUT2D eigenvalue weighted by Gasteiger charge is -2.31. The van der Waals surface area contributed by atoms with Gasteiger partial charge in [-0.25, -0.2) is 0 Å². The Morgan fingerprint density at radius 2 is 1.83 bits per heavy atom. The third-order valence-electron chi connectivity index (χ3n) is 3.85. The van der Waals surface area contributed by atoms with Gasteiger partial charge >= 0.3 is 0 Å². The molecule has 0 unspecified atom stereocenters. The fourth-order valence-corrected chi connectivity index (χ4v) is 2.78. The highest BCUT2D eigenvalue weighted by Gasteiger charge is 2.27. The molecule has 0 spiro atoms. The van der Waals surface area contributed by atoms with Gasteiger partial charge in [0.05, 0.1) is 13.2 Å². The predicted octanol–water partition coefficient (Wildman–Crippen LogP) is 2.60. The molecule has 18 heavy (non-hydrogen) atoms. The second-order valence-corrected chi connectivity index (χ2v) is 4.94. The van der Waals surface area contributed by atoms with Crippen LogP contribution in [0.25, 0.3) is 0 Å². The van der Waals surface area contributed by atoms with Crippen LogP contribution in [0.5, 0.6) is 5.75 Å². The summed E-state index contributed by atoms with van der Waals surface area (Å²) in [6.45, 7) is 4.38. The molecule has 1 fully saturated rings. The van der Waals surface area contributed by atoms with Gasteiger partial charge in [-0.1, -0.05) is 19.1 Å². The number of methoxy groups -OCH3 is 1. The van der Waals surface area contributed by atoms with Crippen molar-refractivity contribution in [2.24, 2.45) is 0 Å². The molecule has 0 aliphatic carbocycles. The molecule has 1 N–H and O–H groups in total. The molecule has 0 amide bonds. The van der Waals surface area contributed by atoms with E-state index in [2.05, 4.69) is 11.8 Å². The summed E-state index contributed by atoms with van der Waals surface area (Å²) < 4.78 is 5.14. The maximum Gasteiger partial charge on any atom is 0.118 e. The van der Waals surface area contributed by atoms with E-state index in [1.165, 1.54) is 12.8 Å². The molecule has 2 rings (SSSR count). The van der Waals surface area contributed by atoms with Crippen LogP contribution in [0, 0.1) is 0 Å². The average molecular weight is 249 g/mol. The Bertz CT molecular complexity index is 357. The Kier molecular flexibility index (Phi) is 4.61. The van der Waals surface area contributed by atoms with Gasteiger partial charge in [0, 0.05) is 6.04 Å². The van der Waals surface area contributed by atoms with Crippen LogP contribution in [0.4, 0.5) is 0 Å². The lowest BCUT2D eigenvalue weighted by molar-refractivity contribution is 0.0590. The molecule has 2 atom stereocenters. The molecular weight excluding hydrogens is 226 g/mol. The number of likely N-dealkylation sites (tertiary alicyclic amines) is 1. The molecule has 1 saturated heterocycles. The first kappa shape index (κ1) is 13.4. The van der Waals surface area contributed by atoms with Crippen molar-refractivity contribution in [1.82, 2.24) is 4.90 Å². The summed E-state index contributed by atoms with van der Waals surface area (Å²) in [5.41, 5.74) is 0.981. The number of aliphatic hydroxyl groups excluding tert-OH is 1. The van der Waals surface area contributed by atoms with E-state index < -0.39 is 6.10 Å². The van der Waals surface area contributed by atoms with Crippen LogP contribution in [0.3, 0.4) is 0 Å². The molecule has 0 saturated carbocycles. The number of hydrogen-bond donors (Lipinski definition) is 1. The fourth-order valence-electron chi connectivity index (χ4n) is 2.78. The van der Waals surface area contributed by atoms with E-state index in [-0.39, 0.29) is 6.04 Å². The maximum absolute atomic E-state index is 10.5. The monoisotopic (exact) mass is 249 g/mol. The molecule has 100 valence electrons. The summed E-state index contributed by atoms with van der Waals surface area (Å²) in [4.78, 5) is 2.41. The molecule has 0 radical (unpaired) electrons. The third kappa shape index (κ3) is 2.85. The second-order valence-electron chi connectivity index (χ2n) is 4.94. The Morgan fingerprint density at radius 3 is 2.33 bits per heavy atom. The largest absolute Gasteiger partial charge is 0.497 e. The minimum atomic E-state index is -0.404. The first-order valence-corrected chi connectivity index (χ1v) is 6.82. The Morgan fingerprint density at radius 1 is 1.22 bits per heavy atom. The van der Waals surface area contributed by atoms with Crippen molar-refractivity contribution in [2.75, 3.05) is 20.2 Å². The van der Waals surface area contributed by atoms with Crippen LogP contribution >= 0.6 is 0 Å². The van der Waals surface area contributed by atoms with E-state index in [0.29, 0.717) is 0 Å². The zero-order valence-electron chi connectivity index (χ0n) is 11.3. The highest BCUT2D eigenvalue weighted by atomic mass is 16.5. The minimum Gasteiger partial charge on any atom is -0.497 e. The van der Waals surface area contributed by atoms with Crippen LogP contribution in [0.1, 0.15) is 37.9 Å². The van der Waals surface area contributed by atoms with E-state index in [9.17, 15) is 5.11 Å². The van der Waals surface area contributed by atoms with E-state index in [1.54, 1.807) is 7.11 Å². The standard InChI is InChI=1S/C15H23NO2/c1-3-14(16-10-4-5-11-16)15(17)12-6-8-13(18-2)9-7-12/h6-9,14-15,17H,3-5,10-11H2,1-2H3/t14-,15+/m0/s1. The van der Waals surface area contributed by atoms with Crippen LogP contribution in [0.2, 0.25) is 0 Å². The molecule has 0 bridgehead atoms. The molecule has 1 aromatic carbocycles. The zero-order chi connectivity index (χ0) is 13.0. The van der Waals surface area contributed by atoms with Crippen LogP contribution in [-0.4, -0.2) is 36.2 Å². The molecule has 3 heteroatoms. The van der Waals surface area contributed by atoms with Gasteiger partial charge in [-0.3, -0.25) is 4.90 Å². The Labute approximate surface area is 109 Å². The number of ether oxygens (including phenoxy) is 1. The van der Waals surface area contributed by atoms with Crippen molar-refractivity contribution in [3.05, 3.63) is 29.8 Å². The van der Waals surface area contributed by atoms with Gasteiger partial charge < -0.3 is 9.84 Å². The highest BCUT2D eigenvalue weighted by Crippen LogP contribution is 2.27. The lowest BCUT2D eigenvalue weighted by Crippen LogP contribution is -2.37. The zero-order valence-corrected chi connectivity index (χ0v) is 11.3. The SMILES string of the molecule is CC[C@@H]([C@H](O)c1ccc(OC)cc1)N1CCCC1. The molecule has 1 aromatic rings. The summed E-state index contributed by atoms with van der Waals surface area (Å²) in [7, 11) is 1.66. The first-order chi connectivity index (χ1) is 8.76. The van der Waals surface area contributed by atoms with Crippen LogP contribution < -0.4 is 4.74 Å². The van der Waals surface area contributed by atoms with E-state index >= 15 is 0 Å². The van der Waals surface area contributed by atoms with Crippen LogP contribution in [-0.2, 0) is 0 Å².